The Morgan fingerprint density at radius 1 is 0.393 bits per heavy atom. The van der Waals surface area contributed by atoms with E-state index >= 15 is 0 Å². The van der Waals surface area contributed by atoms with E-state index in [1.54, 1.807) is 55.7 Å². The molecule has 0 amide bonds. The van der Waals surface area contributed by atoms with E-state index in [4.69, 9.17) is 0 Å². The average Bonchev–Trinajstić information content (AvgIpc) is 2.72. The summed E-state index contributed by atoms with van der Waals surface area (Å²) in [5.74, 6) is 0. The molecule has 0 atom stereocenters. The van der Waals surface area contributed by atoms with Crippen molar-refractivity contribution < 1.29 is 0 Å². The fourth-order valence-electron chi connectivity index (χ4n) is 5.90. The first-order valence-corrected chi connectivity index (χ1v) is 12.1. The summed E-state index contributed by atoms with van der Waals surface area (Å²) in [7, 11) is 0. The fraction of sp³-hybridized carbons (Fsp3) is 0.643. The molecule has 1 aromatic rings. The van der Waals surface area contributed by atoms with Crippen molar-refractivity contribution in [3.05, 3.63) is 55.7 Å². The second-order valence-corrected chi connectivity index (χ2v) is 8.22. The van der Waals surface area contributed by atoms with Crippen LogP contribution >= 0.6 is 0 Å². The van der Waals surface area contributed by atoms with Crippen molar-refractivity contribution in [2.45, 2.75) is 120 Å². The maximum absolute atomic E-state index is 2.38. The normalized spacial score (nSPS) is 20.1. The van der Waals surface area contributed by atoms with Gasteiger partial charge in [0.1, 0.15) is 0 Å². The number of rotatable bonds is 8. The number of hydrogen-bond donors (Lipinski definition) is 0. The summed E-state index contributed by atoms with van der Waals surface area (Å²) in [5.41, 5.74) is 16.9. The van der Waals surface area contributed by atoms with Gasteiger partial charge >= 0.3 is 0 Å². The van der Waals surface area contributed by atoms with Crippen LogP contribution in [0, 0.1) is 0 Å². The molecule has 0 saturated heterocycles. The first-order chi connectivity index (χ1) is 13.6. The molecule has 156 valence electrons. The smallest absolute Gasteiger partial charge is 0.00555 e. The van der Waals surface area contributed by atoms with Gasteiger partial charge in [0.05, 0.1) is 0 Å². The molecule has 0 unspecified atom stereocenters. The molecule has 0 nitrogen and oxygen atoms in total. The Balaban J connectivity index is 2.97. The number of hydrogen-bond acceptors (Lipinski definition) is 0. The molecule has 2 rings (SSSR count). The van der Waals surface area contributed by atoms with Crippen LogP contribution in [0.1, 0.15) is 114 Å². The van der Waals surface area contributed by atoms with Gasteiger partial charge in [-0.3, -0.25) is 0 Å². The number of benzene rings is 1. The van der Waals surface area contributed by atoms with Crippen LogP contribution in [0.5, 0.6) is 0 Å². The first kappa shape index (κ1) is 23.0. The molecule has 0 spiro atoms. The molecule has 0 heterocycles. The predicted molar refractivity (Wildman–Crippen MR) is 127 cm³/mol. The summed E-state index contributed by atoms with van der Waals surface area (Å²) in [6.07, 6.45) is 11.8. The van der Waals surface area contributed by atoms with E-state index in [1.165, 1.54) is 64.2 Å². The SMILES string of the molecule is CC/C1=C(CC)/C(CC)=C(/CC)Cc2c(CC)c(CC)c(CC)c(CC)c2C1. The quantitative estimate of drug-likeness (QED) is 0.425. The number of allylic oxidation sites excluding steroid dienone is 4. The highest BCUT2D eigenvalue weighted by Crippen LogP contribution is 2.39. The molecule has 0 fully saturated rings. The third kappa shape index (κ3) is 4.03. The van der Waals surface area contributed by atoms with Gasteiger partial charge in [0.2, 0.25) is 0 Å². The van der Waals surface area contributed by atoms with Gasteiger partial charge in [0, 0.05) is 0 Å². The molecule has 0 radical (unpaired) electrons. The van der Waals surface area contributed by atoms with E-state index in [-0.39, 0.29) is 0 Å². The molecular formula is C28H44. The predicted octanol–water partition coefficient (Wildman–Crippen LogP) is 8.27. The Morgan fingerprint density at radius 2 is 0.714 bits per heavy atom. The maximum atomic E-state index is 2.38. The molecule has 0 saturated carbocycles. The Kier molecular flexibility index (Phi) is 8.59. The van der Waals surface area contributed by atoms with Gasteiger partial charge in [-0.05, 0) is 109 Å². The highest BCUT2D eigenvalue weighted by Gasteiger charge is 2.25. The highest BCUT2D eigenvalue weighted by molar-refractivity contribution is 5.57. The molecule has 0 aromatic heterocycles. The summed E-state index contributed by atoms with van der Waals surface area (Å²) in [6.45, 7) is 19.0. The zero-order valence-electron chi connectivity index (χ0n) is 20.1. The lowest BCUT2D eigenvalue weighted by atomic mass is 9.74. The molecule has 0 aliphatic heterocycles. The fourth-order valence-corrected chi connectivity index (χ4v) is 5.90. The van der Waals surface area contributed by atoms with E-state index in [0.717, 1.165) is 0 Å². The van der Waals surface area contributed by atoms with Crippen LogP contribution < -0.4 is 0 Å². The Morgan fingerprint density at radius 3 is 0.929 bits per heavy atom. The third-order valence-electron chi connectivity index (χ3n) is 7.16. The summed E-state index contributed by atoms with van der Waals surface area (Å²) >= 11 is 0. The zero-order chi connectivity index (χ0) is 20.8. The molecular weight excluding hydrogens is 336 g/mol. The second-order valence-electron chi connectivity index (χ2n) is 8.22. The summed E-state index contributed by atoms with van der Waals surface area (Å²) < 4.78 is 0. The molecule has 28 heavy (non-hydrogen) atoms. The molecule has 0 heteroatoms. The van der Waals surface area contributed by atoms with E-state index in [0.29, 0.717) is 0 Å². The van der Waals surface area contributed by atoms with E-state index < -0.39 is 0 Å². The second kappa shape index (κ2) is 10.5. The van der Waals surface area contributed by atoms with Gasteiger partial charge in [-0.25, -0.2) is 0 Å². The first-order valence-electron chi connectivity index (χ1n) is 12.1. The van der Waals surface area contributed by atoms with Crippen LogP contribution in [0.2, 0.25) is 0 Å². The third-order valence-corrected chi connectivity index (χ3v) is 7.16. The minimum atomic E-state index is 1.17. The summed E-state index contributed by atoms with van der Waals surface area (Å²) in [5, 5.41) is 0. The molecule has 1 aliphatic rings. The minimum Gasteiger partial charge on any atom is -0.0626 e. The van der Waals surface area contributed by atoms with Crippen molar-refractivity contribution in [3.63, 3.8) is 0 Å². The van der Waals surface area contributed by atoms with Crippen LogP contribution in [-0.2, 0) is 38.5 Å². The zero-order valence-corrected chi connectivity index (χ0v) is 20.1. The molecule has 0 N–H and O–H groups in total. The minimum absolute atomic E-state index is 1.17. The highest BCUT2D eigenvalue weighted by atomic mass is 14.3. The lowest BCUT2D eigenvalue weighted by Gasteiger charge is -2.30. The van der Waals surface area contributed by atoms with Gasteiger partial charge in [-0.2, -0.15) is 0 Å². The van der Waals surface area contributed by atoms with E-state index in [9.17, 15) is 0 Å². The van der Waals surface area contributed by atoms with Gasteiger partial charge in [0.25, 0.3) is 0 Å². The van der Waals surface area contributed by atoms with Gasteiger partial charge in [0.15, 0.2) is 0 Å². The average molecular weight is 381 g/mol. The maximum Gasteiger partial charge on any atom is -0.00555 e. The van der Waals surface area contributed by atoms with Crippen LogP contribution in [0.3, 0.4) is 0 Å². The topological polar surface area (TPSA) is 0 Å². The van der Waals surface area contributed by atoms with Crippen molar-refractivity contribution >= 4 is 0 Å². The molecule has 1 aliphatic carbocycles. The van der Waals surface area contributed by atoms with Crippen LogP contribution in [0.4, 0.5) is 0 Å². The van der Waals surface area contributed by atoms with Crippen molar-refractivity contribution in [1.82, 2.24) is 0 Å². The van der Waals surface area contributed by atoms with Gasteiger partial charge in [-0.15, -0.1) is 0 Å². The van der Waals surface area contributed by atoms with Crippen LogP contribution in [0.15, 0.2) is 22.3 Å². The van der Waals surface area contributed by atoms with Crippen molar-refractivity contribution in [2.24, 2.45) is 0 Å². The number of fused-ring (bicyclic) bond motifs is 1. The van der Waals surface area contributed by atoms with Crippen LogP contribution in [-0.4, -0.2) is 0 Å². The summed E-state index contributed by atoms with van der Waals surface area (Å²) in [6, 6.07) is 0. The lowest BCUT2D eigenvalue weighted by Crippen LogP contribution is -2.17. The standard InChI is InChI=1S/C28H44/c1-9-19-17-27-25(15-7)23(13-5)24(14-6)26(16-8)28(27)18-20(10-2)22(12-4)21(19)11-3/h9-18H2,1-8H3/b21-19-,22-20-. The summed E-state index contributed by atoms with van der Waals surface area (Å²) in [4.78, 5) is 0. The van der Waals surface area contributed by atoms with E-state index in [1.807, 2.05) is 0 Å². The molecule has 0 bridgehead atoms. The Hall–Kier alpha value is -1.30. The van der Waals surface area contributed by atoms with Crippen LogP contribution in [0.25, 0.3) is 0 Å². The van der Waals surface area contributed by atoms with Crippen molar-refractivity contribution in [2.75, 3.05) is 0 Å². The lowest BCUT2D eigenvalue weighted by molar-refractivity contribution is 0.817. The van der Waals surface area contributed by atoms with E-state index in [2.05, 4.69) is 55.4 Å². The largest absolute Gasteiger partial charge is 0.0626 e. The van der Waals surface area contributed by atoms with Gasteiger partial charge < -0.3 is 0 Å². The molecule has 1 aromatic carbocycles. The monoisotopic (exact) mass is 380 g/mol. The van der Waals surface area contributed by atoms with Crippen molar-refractivity contribution in [1.29, 1.82) is 0 Å². The van der Waals surface area contributed by atoms with Gasteiger partial charge in [-0.1, -0.05) is 66.5 Å². The Bertz CT molecular complexity index is 690. The van der Waals surface area contributed by atoms with Crippen molar-refractivity contribution in [3.8, 4) is 0 Å². The Labute approximate surface area is 175 Å².